The average Bonchev–Trinajstić information content (AvgIpc) is 0.930. The monoisotopic (exact) mass is 1350 g/mol. The van der Waals surface area contributed by atoms with Crippen molar-refractivity contribution in [1.29, 1.82) is 0 Å². The van der Waals surface area contributed by atoms with Gasteiger partial charge in [-0.25, -0.2) is 9.59 Å². The molecular formula is C54H108N16O21S. The summed E-state index contributed by atoms with van der Waals surface area (Å²) in [5.41, 5.74) is 42.2. The normalized spacial score (nSPS) is 10.5. The number of amides is 2. The number of carbonyl (C=O) groups is 2. The first kappa shape index (κ1) is 95.0. The fraction of sp³-hybridized carbons (Fsp3) is 0.852. The van der Waals surface area contributed by atoms with Crippen LogP contribution < -0.4 is 22.1 Å². The lowest BCUT2D eigenvalue weighted by Crippen LogP contribution is -2.34. The van der Waals surface area contributed by atoms with Crippen LogP contribution in [-0.4, -0.2) is 273 Å². The lowest BCUT2D eigenvalue weighted by Gasteiger charge is -2.19. The van der Waals surface area contributed by atoms with Crippen molar-refractivity contribution in [3.63, 3.8) is 0 Å². The first-order chi connectivity index (χ1) is 44.2. The molecule has 536 valence electrons. The summed E-state index contributed by atoms with van der Waals surface area (Å²) in [7, 11) is -3.69. The van der Waals surface area contributed by atoms with Crippen LogP contribution >= 0.6 is 0 Å². The van der Waals surface area contributed by atoms with Crippen molar-refractivity contribution in [1.82, 2.24) is 10.6 Å². The lowest BCUT2D eigenvalue weighted by molar-refractivity contribution is 0.0222. The van der Waals surface area contributed by atoms with Gasteiger partial charge in [0.2, 0.25) is 0 Å². The van der Waals surface area contributed by atoms with Crippen LogP contribution in [0, 0.1) is 6.92 Å². The van der Waals surface area contributed by atoms with Gasteiger partial charge in [-0.15, -0.1) is 0 Å². The van der Waals surface area contributed by atoms with Gasteiger partial charge in [-0.3, -0.25) is 4.18 Å². The van der Waals surface area contributed by atoms with Crippen LogP contribution in [-0.2, 0) is 80.6 Å². The number of aliphatic hydroxyl groups excluding tert-OH is 2. The molecule has 0 bridgehead atoms. The molecule has 37 nitrogen and oxygen atoms in total. The highest BCUT2D eigenvalue weighted by molar-refractivity contribution is 7.86. The van der Waals surface area contributed by atoms with Gasteiger partial charge in [0.25, 0.3) is 10.1 Å². The third kappa shape index (κ3) is 90.7. The predicted octanol–water partition coefficient (Wildman–Crippen LogP) is 5.43. The number of carbonyl (C=O) groups excluding carboxylic acids is 2. The third-order valence-corrected chi connectivity index (χ3v) is 10.1. The molecule has 0 unspecified atom stereocenters. The zero-order valence-electron chi connectivity index (χ0n) is 55.3. The van der Waals surface area contributed by atoms with E-state index >= 15 is 0 Å². The summed E-state index contributed by atoms with van der Waals surface area (Å²) >= 11 is 0. The Morgan fingerprint density at radius 1 is 0.446 bits per heavy atom. The molecule has 0 fully saturated rings. The Morgan fingerprint density at radius 3 is 1.00 bits per heavy atom. The molecule has 0 aliphatic heterocycles. The predicted molar refractivity (Wildman–Crippen MR) is 341 cm³/mol. The molecule has 1 aromatic rings. The number of hydrogen-bond donors (Lipinski definition) is 6. The minimum Gasteiger partial charge on any atom is -0.444 e. The number of ether oxygens (including phenoxy) is 14. The maximum Gasteiger partial charge on any atom is 0.407 e. The standard InChI is InChI=1S/C14H22O5S.C11H22N4O4.C11H24N2O4.C6H12N6O2.C6H14N4O2.C6H14O4/c1-3-8-17-9-10-18-11-12-19-20(15,16)14-6-4-13(2)5-7-14;1-11(2,3)19-10(16)13-4-6-17-8-9-18-7-5-14-15-12;1-11(2,3)17-10(14)13-5-7-16-9-8-15-6-4-12;7-11-9-1-3-13-5-6-14-4-2-10-12-8;7-1-3-11-5-6-12-4-2-9-10-8;7-1-3-9-5-6-10-4-2-8/h4-7H,3,8-12H2,1-2H3;4-9H2,1-3H3,(H,13,16);4-9,12H2,1-3H3,(H,13,14);1-6H2;1-7H2;7-8H,1-6H2. The summed E-state index contributed by atoms with van der Waals surface area (Å²) in [4.78, 5) is 32.9. The van der Waals surface area contributed by atoms with Gasteiger partial charge < -0.3 is 98.6 Å². The molecule has 92 heavy (non-hydrogen) atoms. The first-order valence-electron chi connectivity index (χ1n) is 29.7. The maximum atomic E-state index is 11.8. The highest BCUT2D eigenvalue weighted by atomic mass is 32.2. The number of nitrogens with zero attached hydrogens (tertiary/aromatic N) is 12. The number of hydrogen-bond acceptors (Lipinski definition) is 27. The Hall–Kier alpha value is -5.73. The topological polar surface area (TPSA) is 518 Å². The van der Waals surface area contributed by atoms with Crippen molar-refractivity contribution in [2.75, 3.05) is 231 Å². The molecule has 0 heterocycles. The number of azide groups is 4. The Kier molecular flexibility index (Phi) is 78.4. The smallest absolute Gasteiger partial charge is 0.407 e. The molecular weight excluding hydrogens is 1240 g/mol. The van der Waals surface area contributed by atoms with Crippen LogP contribution in [0.5, 0.6) is 0 Å². The minimum absolute atomic E-state index is 0.00396. The summed E-state index contributed by atoms with van der Waals surface area (Å²) in [6.07, 6.45) is 0.0833. The van der Waals surface area contributed by atoms with Crippen molar-refractivity contribution in [2.45, 2.75) is 77.9 Å². The van der Waals surface area contributed by atoms with Gasteiger partial charge in [0.1, 0.15) is 11.2 Å². The Morgan fingerprint density at radius 2 is 0.717 bits per heavy atom. The molecule has 0 spiro atoms. The summed E-state index contributed by atoms with van der Waals surface area (Å²) in [6, 6.07) is 6.53. The quantitative estimate of drug-likeness (QED) is 0.0156. The number of benzene rings is 1. The van der Waals surface area contributed by atoms with Crippen molar-refractivity contribution in [3.05, 3.63) is 71.6 Å². The molecule has 0 radical (unpaired) electrons. The molecule has 0 atom stereocenters. The highest BCUT2D eigenvalue weighted by Crippen LogP contribution is 2.13. The molecule has 2 amide bonds. The second-order valence-electron chi connectivity index (χ2n) is 19.1. The average molecular weight is 1350 g/mol. The second kappa shape index (κ2) is 76.0. The van der Waals surface area contributed by atoms with E-state index < -0.39 is 33.5 Å². The molecule has 8 N–H and O–H groups in total. The van der Waals surface area contributed by atoms with Crippen LogP contribution in [0.2, 0.25) is 0 Å². The number of nitrogens with two attached hydrogens (primary N) is 2. The van der Waals surface area contributed by atoms with E-state index in [9.17, 15) is 18.0 Å². The number of aryl methyl sites for hydroxylation is 1. The van der Waals surface area contributed by atoms with Crippen molar-refractivity contribution >= 4 is 22.3 Å². The van der Waals surface area contributed by atoms with Crippen LogP contribution in [0.3, 0.4) is 0 Å². The van der Waals surface area contributed by atoms with E-state index in [1.807, 2.05) is 34.6 Å². The molecule has 0 aromatic heterocycles. The largest absolute Gasteiger partial charge is 0.444 e. The molecule has 1 aromatic carbocycles. The molecule has 0 aliphatic rings. The van der Waals surface area contributed by atoms with Crippen LogP contribution in [0.4, 0.5) is 9.59 Å². The maximum absolute atomic E-state index is 11.8. The Bertz CT molecular complexity index is 2070. The lowest BCUT2D eigenvalue weighted by atomic mass is 10.2. The van der Waals surface area contributed by atoms with Crippen molar-refractivity contribution < 1.29 is 98.7 Å². The molecule has 0 saturated carbocycles. The summed E-state index contributed by atoms with van der Waals surface area (Å²) in [5.74, 6) is 0. The van der Waals surface area contributed by atoms with Gasteiger partial charge in [-0.1, -0.05) is 45.1 Å². The SMILES string of the molecule is CC(C)(C)OC(=O)NCCOCCOCCN.CC(C)(C)OC(=O)NCCOCCOCCN=[N+]=[N-].CCCOCCOCCOS(=O)(=O)c1ccc(C)cc1.OCCOCCOCCO.[N-]=[N+]=NCCOCCOCCN.[N-]=[N+]=NCCOCCOCCN=[N+]=[N-]. The Balaban J connectivity index is -0.000000334. The second-order valence-corrected chi connectivity index (χ2v) is 20.8. The summed E-state index contributed by atoms with van der Waals surface area (Å²) < 4.78 is 99.7. The van der Waals surface area contributed by atoms with Gasteiger partial charge in [0.15, 0.2) is 0 Å². The van der Waals surface area contributed by atoms with Crippen LogP contribution in [0.25, 0.3) is 41.8 Å². The van der Waals surface area contributed by atoms with Gasteiger partial charge in [-0.05, 0) is 89.1 Å². The fourth-order valence-corrected chi connectivity index (χ4v) is 5.92. The summed E-state index contributed by atoms with van der Waals surface area (Å²) in [6.45, 7) is 28.9. The molecule has 38 heteroatoms. The Labute approximate surface area is 542 Å². The van der Waals surface area contributed by atoms with Gasteiger partial charge in [0.05, 0.1) is 177 Å². The van der Waals surface area contributed by atoms with E-state index in [1.54, 1.807) is 32.9 Å². The highest BCUT2D eigenvalue weighted by Gasteiger charge is 2.17. The molecule has 0 aliphatic carbocycles. The van der Waals surface area contributed by atoms with Crippen LogP contribution in [0.1, 0.15) is 60.5 Å². The number of aliphatic hydroxyl groups is 2. The summed E-state index contributed by atoms with van der Waals surface area (Å²) in [5, 5.41) is 34.9. The van der Waals surface area contributed by atoms with E-state index in [0.29, 0.717) is 204 Å². The third-order valence-electron chi connectivity index (χ3n) is 8.78. The fourth-order valence-electron chi connectivity index (χ4n) is 5.03. The van der Waals surface area contributed by atoms with Crippen LogP contribution in [0.15, 0.2) is 49.6 Å². The molecule has 0 saturated heterocycles. The number of alkyl carbamates (subject to hydrolysis) is 2. The van der Waals surface area contributed by atoms with E-state index in [2.05, 4.69) is 50.7 Å². The van der Waals surface area contributed by atoms with E-state index in [-0.39, 0.29) is 31.3 Å². The first-order valence-corrected chi connectivity index (χ1v) is 31.1. The number of rotatable bonds is 51. The van der Waals surface area contributed by atoms with Crippen molar-refractivity contribution in [3.8, 4) is 0 Å². The van der Waals surface area contributed by atoms with Gasteiger partial charge in [-0.2, -0.15) is 8.42 Å². The van der Waals surface area contributed by atoms with E-state index in [4.69, 9.17) is 114 Å². The molecule has 1 rings (SSSR count). The van der Waals surface area contributed by atoms with Gasteiger partial charge >= 0.3 is 12.2 Å². The number of nitrogens with one attached hydrogen (secondary N) is 2. The zero-order valence-corrected chi connectivity index (χ0v) is 56.2. The van der Waals surface area contributed by atoms with E-state index in [1.165, 1.54) is 12.1 Å². The zero-order chi connectivity index (χ0) is 69.8. The van der Waals surface area contributed by atoms with Crippen molar-refractivity contribution in [2.24, 2.45) is 31.9 Å². The minimum atomic E-state index is -3.69. The van der Waals surface area contributed by atoms with E-state index in [0.717, 1.165) is 12.0 Å². The van der Waals surface area contributed by atoms with Gasteiger partial charge in [0, 0.05) is 78.6 Å².